The van der Waals surface area contributed by atoms with E-state index in [1.165, 1.54) is 5.56 Å². The summed E-state index contributed by atoms with van der Waals surface area (Å²) in [5, 5.41) is 0. The van der Waals surface area contributed by atoms with E-state index in [0.29, 0.717) is 11.8 Å². The molecular formula is C14H16BrN3O. The maximum Gasteiger partial charge on any atom is 0.233 e. The summed E-state index contributed by atoms with van der Waals surface area (Å²) in [6.07, 6.45) is 1.71. The van der Waals surface area contributed by atoms with Crippen molar-refractivity contribution in [2.75, 3.05) is 18.6 Å². The summed E-state index contributed by atoms with van der Waals surface area (Å²) in [5.41, 5.74) is 2.28. The van der Waals surface area contributed by atoms with Gasteiger partial charge in [-0.1, -0.05) is 12.1 Å². The molecule has 0 unspecified atom stereocenters. The summed E-state index contributed by atoms with van der Waals surface area (Å²) < 4.78 is 5.96. The topological polar surface area (TPSA) is 38.2 Å². The second-order valence-electron chi connectivity index (χ2n) is 4.11. The van der Waals surface area contributed by atoms with Crippen LogP contribution in [0.2, 0.25) is 0 Å². The molecule has 0 amide bonds. The van der Waals surface area contributed by atoms with Gasteiger partial charge in [-0.05, 0) is 47.5 Å². The molecule has 0 saturated carbocycles. The predicted molar refractivity (Wildman–Crippen MR) is 80.1 cm³/mol. The molecule has 0 aliphatic carbocycles. The van der Waals surface area contributed by atoms with Gasteiger partial charge in [0, 0.05) is 12.2 Å². The zero-order valence-corrected chi connectivity index (χ0v) is 12.8. The molecule has 1 heterocycles. The normalized spacial score (nSPS) is 10.3. The molecule has 2 aromatic rings. The molecule has 4 nitrogen and oxygen atoms in total. The summed E-state index contributed by atoms with van der Waals surface area (Å²) in [5.74, 6) is 1.17. The van der Waals surface area contributed by atoms with Crippen molar-refractivity contribution in [3.8, 4) is 5.88 Å². The summed E-state index contributed by atoms with van der Waals surface area (Å²) in [6.45, 7) is 4.93. The fourth-order valence-corrected chi connectivity index (χ4v) is 2.20. The second-order valence-corrected chi connectivity index (χ2v) is 4.96. The van der Waals surface area contributed by atoms with Crippen LogP contribution in [0, 0.1) is 6.92 Å². The van der Waals surface area contributed by atoms with Crippen LogP contribution >= 0.6 is 15.9 Å². The number of hydrogen-bond donors (Lipinski definition) is 0. The van der Waals surface area contributed by atoms with E-state index in [1.807, 2.05) is 17.0 Å². The Hall–Kier alpha value is -1.62. The Morgan fingerprint density at radius 1 is 1.37 bits per heavy atom. The highest BCUT2D eigenvalue weighted by Crippen LogP contribution is 2.27. The first-order valence-corrected chi connectivity index (χ1v) is 6.85. The number of anilines is 2. The molecule has 0 bridgehead atoms. The predicted octanol–water partition coefficient (Wildman–Crippen LogP) is 3.71. The van der Waals surface area contributed by atoms with Gasteiger partial charge in [0.1, 0.15) is 0 Å². The summed E-state index contributed by atoms with van der Waals surface area (Å²) in [7, 11) is 1.60. The molecule has 0 aliphatic rings. The average Bonchev–Trinajstić information content (AvgIpc) is 2.41. The first kappa shape index (κ1) is 13.8. The minimum Gasteiger partial charge on any atom is -0.480 e. The first-order chi connectivity index (χ1) is 9.15. The number of methoxy groups -OCH3 is 1. The molecule has 2 rings (SSSR count). The van der Waals surface area contributed by atoms with Crippen LogP contribution in [0.3, 0.4) is 0 Å². The van der Waals surface area contributed by atoms with Gasteiger partial charge in [-0.3, -0.25) is 0 Å². The van der Waals surface area contributed by atoms with E-state index in [1.54, 1.807) is 13.3 Å². The Balaban J connectivity index is 2.42. The van der Waals surface area contributed by atoms with E-state index in [2.05, 4.69) is 51.9 Å². The van der Waals surface area contributed by atoms with Gasteiger partial charge in [-0.15, -0.1) is 0 Å². The highest BCUT2D eigenvalue weighted by molar-refractivity contribution is 9.10. The molecule has 0 spiro atoms. The van der Waals surface area contributed by atoms with E-state index < -0.39 is 0 Å². The minimum absolute atomic E-state index is 0.538. The number of aryl methyl sites for hydroxylation is 1. The quantitative estimate of drug-likeness (QED) is 0.860. The average molecular weight is 322 g/mol. The summed E-state index contributed by atoms with van der Waals surface area (Å²) >= 11 is 3.36. The Kier molecular flexibility index (Phi) is 4.37. The lowest BCUT2D eigenvalue weighted by atomic mass is 10.2. The molecule has 0 fully saturated rings. The van der Waals surface area contributed by atoms with Gasteiger partial charge in [-0.2, -0.15) is 4.98 Å². The minimum atomic E-state index is 0.538. The number of halogens is 1. The van der Waals surface area contributed by atoms with E-state index >= 15 is 0 Å². The maximum atomic E-state index is 5.22. The molecule has 1 aromatic heterocycles. The lowest BCUT2D eigenvalue weighted by Gasteiger charge is -2.21. The zero-order valence-electron chi connectivity index (χ0n) is 11.2. The fraction of sp³-hybridized carbons (Fsp3) is 0.286. The highest BCUT2D eigenvalue weighted by Gasteiger charge is 2.13. The van der Waals surface area contributed by atoms with Gasteiger partial charge < -0.3 is 9.64 Å². The first-order valence-electron chi connectivity index (χ1n) is 6.06. The van der Waals surface area contributed by atoms with Crippen LogP contribution < -0.4 is 9.64 Å². The maximum absolute atomic E-state index is 5.22. The lowest BCUT2D eigenvalue weighted by Crippen LogP contribution is -2.19. The molecule has 1 aromatic carbocycles. The third-order valence-corrected chi connectivity index (χ3v) is 3.31. The molecule has 0 radical (unpaired) electrons. The van der Waals surface area contributed by atoms with Crippen molar-refractivity contribution in [2.24, 2.45) is 0 Å². The summed E-state index contributed by atoms with van der Waals surface area (Å²) in [6, 6.07) is 8.26. The van der Waals surface area contributed by atoms with Crippen LogP contribution in [-0.2, 0) is 0 Å². The Morgan fingerprint density at radius 3 is 2.79 bits per heavy atom. The van der Waals surface area contributed by atoms with Gasteiger partial charge >= 0.3 is 0 Å². The SMILES string of the molecule is CCN(c1cccc(C)c1)c1ncc(Br)c(OC)n1. The number of ether oxygens (including phenoxy) is 1. The Labute approximate surface area is 121 Å². The van der Waals surface area contributed by atoms with Crippen LogP contribution in [0.4, 0.5) is 11.6 Å². The number of rotatable bonds is 4. The number of hydrogen-bond acceptors (Lipinski definition) is 4. The molecular weight excluding hydrogens is 306 g/mol. The van der Waals surface area contributed by atoms with Crippen molar-refractivity contribution < 1.29 is 4.74 Å². The standard InChI is InChI=1S/C14H16BrN3O/c1-4-18(11-7-5-6-10(2)8-11)14-16-9-12(15)13(17-14)19-3/h5-9H,4H2,1-3H3. The van der Waals surface area contributed by atoms with Crippen molar-refractivity contribution in [3.05, 3.63) is 40.5 Å². The second kappa shape index (κ2) is 6.02. The zero-order chi connectivity index (χ0) is 13.8. The van der Waals surface area contributed by atoms with Crippen molar-refractivity contribution in [3.63, 3.8) is 0 Å². The van der Waals surface area contributed by atoms with Gasteiger partial charge in [0.05, 0.1) is 17.8 Å². The Morgan fingerprint density at radius 2 is 2.16 bits per heavy atom. The van der Waals surface area contributed by atoms with Crippen LogP contribution in [-0.4, -0.2) is 23.6 Å². The van der Waals surface area contributed by atoms with Crippen molar-refractivity contribution >= 4 is 27.6 Å². The monoisotopic (exact) mass is 321 g/mol. The van der Waals surface area contributed by atoms with Crippen molar-refractivity contribution in [1.82, 2.24) is 9.97 Å². The third-order valence-electron chi connectivity index (χ3n) is 2.76. The Bertz CT molecular complexity index is 574. The number of aromatic nitrogens is 2. The molecule has 0 saturated heterocycles. The van der Waals surface area contributed by atoms with E-state index in [0.717, 1.165) is 16.7 Å². The van der Waals surface area contributed by atoms with Crippen LogP contribution in [0.25, 0.3) is 0 Å². The van der Waals surface area contributed by atoms with Gasteiger partial charge in [0.15, 0.2) is 0 Å². The van der Waals surface area contributed by atoms with Crippen molar-refractivity contribution in [2.45, 2.75) is 13.8 Å². The van der Waals surface area contributed by atoms with Crippen LogP contribution in [0.1, 0.15) is 12.5 Å². The molecule has 100 valence electrons. The third kappa shape index (κ3) is 3.04. The van der Waals surface area contributed by atoms with Crippen LogP contribution in [0.15, 0.2) is 34.9 Å². The molecule has 5 heteroatoms. The number of nitrogens with zero attached hydrogens (tertiary/aromatic N) is 3. The van der Waals surface area contributed by atoms with E-state index in [9.17, 15) is 0 Å². The molecule has 0 aliphatic heterocycles. The molecule has 0 atom stereocenters. The van der Waals surface area contributed by atoms with Crippen molar-refractivity contribution in [1.29, 1.82) is 0 Å². The fourth-order valence-electron chi connectivity index (χ4n) is 1.85. The summed E-state index contributed by atoms with van der Waals surface area (Å²) in [4.78, 5) is 10.8. The van der Waals surface area contributed by atoms with E-state index in [-0.39, 0.29) is 0 Å². The van der Waals surface area contributed by atoms with Gasteiger partial charge in [0.25, 0.3) is 0 Å². The number of benzene rings is 1. The lowest BCUT2D eigenvalue weighted by molar-refractivity contribution is 0.394. The largest absolute Gasteiger partial charge is 0.480 e. The van der Waals surface area contributed by atoms with E-state index in [4.69, 9.17) is 4.74 Å². The van der Waals surface area contributed by atoms with Gasteiger partial charge in [-0.25, -0.2) is 4.98 Å². The highest BCUT2D eigenvalue weighted by atomic mass is 79.9. The molecule has 19 heavy (non-hydrogen) atoms. The van der Waals surface area contributed by atoms with Gasteiger partial charge in [0.2, 0.25) is 11.8 Å². The molecule has 0 N–H and O–H groups in total. The smallest absolute Gasteiger partial charge is 0.233 e. The van der Waals surface area contributed by atoms with Crippen LogP contribution in [0.5, 0.6) is 5.88 Å².